The van der Waals surface area contributed by atoms with Gasteiger partial charge in [0.05, 0.1) is 0 Å². The van der Waals surface area contributed by atoms with E-state index in [1.165, 1.54) is 0 Å². The van der Waals surface area contributed by atoms with E-state index in [0.717, 1.165) is 67.6 Å². The number of thioether (sulfide) groups is 1. The van der Waals surface area contributed by atoms with Crippen LogP contribution >= 0.6 is 11.8 Å². The molecule has 3 aliphatic rings. The zero-order valence-corrected chi connectivity index (χ0v) is 26.8. The molecule has 0 radical (unpaired) electrons. The van der Waals surface area contributed by atoms with Crippen molar-refractivity contribution in [1.29, 1.82) is 0 Å². The van der Waals surface area contributed by atoms with Crippen molar-refractivity contribution in [1.82, 2.24) is 20.6 Å². The van der Waals surface area contributed by atoms with Crippen molar-refractivity contribution in [2.45, 2.75) is 90.9 Å². The Morgan fingerprint density at radius 1 is 0.955 bits per heavy atom. The Labute approximate surface area is 261 Å². The van der Waals surface area contributed by atoms with E-state index in [-0.39, 0.29) is 42.5 Å². The average molecular weight is 623 g/mol. The van der Waals surface area contributed by atoms with Gasteiger partial charge in [0.2, 0.25) is 5.91 Å². The van der Waals surface area contributed by atoms with Crippen LogP contribution in [0.5, 0.6) is 0 Å². The van der Waals surface area contributed by atoms with Crippen molar-refractivity contribution >= 4 is 41.6 Å². The molecule has 2 fully saturated rings. The number of amides is 2. The minimum absolute atomic E-state index is 0.0121. The van der Waals surface area contributed by atoms with Crippen LogP contribution in [0.15, 0.2) is 16.8 Å². The Kier molecular flexibility index (Phi) is 9.15. The number of carbonyl (C=O) groups is 4. The molecule has 5 heterocycles. The van der Waals surface area contributed by atoms with Gasteiger partial charge in [0.15, 0.2) is 0 Å². The largest absolute Gasteiger partial charge is 0.481 e. The Morgan fingerprint density at radius 2 is 1.57 bits per heavy atom. The van der Waals surface area contributed by atoms with Crippen molar-refractivity contribution in [3.05, 3.63) is 61.9 Å². The van der Waals surface area contributed by atoms with Gasteiger partial charge in [0, 0.05) is 88.6 Å². The topological polar surface area (TPSA) is 164 Å². The second kappa shape index (κ2) is 12.7. The maximum atomic E-state index is 12.6. The van der Waals surface area contributed by atoms with E-state index < -0.39 is 11.9 Å². The van der Waals surface area contributed by atoms with Gasteiger partial charge in [-0.15, -0.1) is 0 Å². The predicted octanol–water partition coefficient (Wildman–Crippen LogP) is 4.19. The highest BCUT2D eigenvalue weighted by molar-refractivity contribution is 8.06. The molecule has 0 saturated carbocycles. The Bertz CT molecular complexity index is 1580. The van der Waals surface area contributed by atoms with Crippen LogP contribution in [0.3, 0.4) is 0 Å². The highest BCUT2D eigenvalue weighted by atomic mass is 32.2. The van der Waals surface area contributed by atoms with Crippen LogP contribution in [0.2, 0.25) is 0 Å². The molecule has 0 bridgehead atoms. The lowest BCUT2D eigenvalue weighted by Crippen LogP contribution is -2.33. The Morgan fingerprint density at radius 3 is 2.14 bits per heavy atom. The number of carbonyl (C=O) groups excluding carboxylic acids is 2. The molecule has 2 aromatic heterocycles. The van der Waals surface area contributed by atoms with Gasteiger partial charge in [-0.1, -0.05) is 13.8 Å². The molecule has 2 amide bonds. The number of rotatable bonds is 13. The van der Waals surface area contributed by atoms with E-state index in [9.17, 15) is 29.4 Å². The molecule has 4 atom stereocenters. The lowest BCUT2D eigenvalue weighted by Gasteiger charge is -2.20. The highest BCUT2D eigenvalue weighted by Gasteiger charge is 2.48. The summed E-state index contributed by atoms with van der Waals surface area (Å²) in [7, 11) is 0. The number of aromatic amines is 2. The van der Waals surface area contributed by atoms with Crippen molar-refractivity contribution in [2.75, 3.05) is 5.75 Å². The summed E-state index contributed by atoms with van der Waals surface area (Å²) >= 11 is 1.89. The Hall–Kier alpha value is -3.73. The predicted molar refractivity (Wildman–Crippen MR) is 169 cm³/mol. The van der Waals surface area contributed by atoms with Crippen LogP contribution in [0.25, 0.3) is 6.08 Å². The minimum Gasteiger partial charge on any atom is -0.481 e. The summed E-state index contributed by atoms with van der Waals surface area (Å²) in [4.78, 5) is 55.3. The third kappa shape index (κ3) is 6.38. The number of H-pyrrole nitrogens is 2. The first-order chi connectivity index (χ1) is 20.9. The van der Waals surface area contributed by atoms with Crippen molar-refractivity contribution in [2.24, 2.45) is 11.8 Å². The number of hydrogen-bond acceptors (Lipinski definition) is 5. The van der Waals surface area contributed by atoms with Gasteiger partial charge in [0.1, 0.15) is 0 Å². The number of allylic oxidation sites excluding steroid dienone is 1. The summed E-state index contributed by atoms with van der Waals surface area (Å²) in [6, 6.07) is 0.0121. The third-order valence-corrected chi connectivity index (χ3v) is 10.7. The summed E-state index contributed by atoms with van der Waals surface area (Å²) in [5.41, 5.74) is 9.70. The number of carboxylic acid groups (broad SMARTS) is 2. The number of nitrogens with one attached hydrogen (secondary N) is 4. The first kappa shape index (κ1) is 31.7. The quantitative estimate of drug-likeness (QED) is 0.182. The van der Waals surface area contributed by atoms with Crippen molar-refractivity contribution in [3.63, 3.8) is 0 Å². The van der Waals surface area contributed by atoms with Crippen molar-refractivity contribution in [3.8, 4) is 0 Å². The zero-order chi connectivity index (χ0) is 31.9. The monoisotopic (exact) mass is 622 g/mol. The van der Waals surface area contributed by atoms with Crippen LogP contribution in [-0.2, 0) is 44.9 Å². The van der Waals surface area contributed by atoms with Crippen LogP contribution < -0.4 is 10.6 Å². The lowest BCUT2D eigenvalue weighted by atomic mass is 9.86. The van der Waals surface area contributed by atoms with Crippen LogP contribution in [0.1, 0.15) is 85.1 Å². The summed E-state index contributed by atoms with van der Waals surface area (Å²) in [5, 5.41) is 25.6. The number of hydrogen-bond donors (Lipinski definition) is 6. The van der Waals surface area contributed by atoms with Gasteiger partial charge >= 0.3 is 11.9 Å². The average Bonchev–Trinajstić information content (AvgIpc) is 3.53. The molecule has 10 nitrogen and oxygen atoms in total. The molecule has 236 valence electrons. The van der Waals surface area contributed by atoms with E-state index in [4.69, 9.17) is 0 Å². The van der Waals surface area contributed by atoms with Crippen LogP contribution in [0, 0.1) is 25.7 Å². The lowest BCUT2D eigenvalue weighted by molar-refractivity contribution is -0.138. The molecule has 5 rings (SSSR count). The molecule has 3 aliphatic heterocycles. The standard InChI is InChI=1S/C33H42N4O6S/c1-6-19-15(2)24(36-33(19)43)11-22-16(3)20(7-9-29(38)39)25(34-22)13-26-21(8-10-30(40)41)17(4)23(35-26)12-27-31(28-14-44-28)18(5)32(42)37-27/h11,18,27-28,31,34-35H,6-10,12-14H2,1-5H3,(H,36,43)(H,37,42)(H,38,39)(H,40,41)/b24-11-/t18-,27?,28-,31-/m1/s1. The summed E-state index contributed by atoms with van der Waals surface area (Å²) in [6.45, 7) is 9.84. The summed E-state index contributed by atoms with van der Waals surface area (Å²) < 4.78 is 0. The molecule has 0 aliphatic carbocycles. The molecule has 0 aromatic carbocycles. The van der Waals surface area contributed by atoms with Gasteiger partial charge in [0.25, 0.3) is 5.91 Å². The first-order valence-corrected chi connectivity index (χ1v) is 16.4. The van der Waals surface area contributed by atoms with Gasteiger partial charge in [-0.05, 0) is 73.9 Å². The molecular weight excluding hydrogens is 580 g/mol. The molecule has 1 unspecified atom stereocenters. The fourth-order valence-electron chi connectivity index (χ4n) is 6.99. The summed E-state index contributed by atoms with van der Waals surface area (Å²) in [5.74, 6) is -0.481. The normalized spacial score (nSPS) is 23.9. The smallest absolute Gasteiger partial charge is 0.303 e. The second-order valence-corrected chi connectivity index (χ2v) is 13.6. The zero-order valence-electron chi connectivity index (χ0n) is 26.0. The third-order valence-electron chi connectivity index (χ3n) is 9.63. The second-order valence-electron chi connectivity index (χ2n) is 12.3. The first-order valence-electron chi connectivity index (χ1n) is 15.4. The molecule has 44 heavy (non-hydrogen) atoms. The maximum absolute atomic E-state index is 12.6. The molecule has 2 aromatic rings. The Balaban J connectivity index is 1.51. The molecule has 6 N–H and O–H groups in total. The van der Waals surface area contributed by atoms with Gasteiger partial charge < -0.3 is 30.8 Å². The van der Waals surface area contributed by atoms with E-state index in [1.807, 2.05) is 52.5 Å². The van der Waals surface area contributed by atoms with Gasteiger partial charge in [-0.2, -0.15) is 11.8 Å². The van der Waals surface area contributed by atoms with Gasteiger partial charge in [-0.3, -0.25) is 19.2 Å². The van der Waals surface area contributed by atoms with E-state index in [0.29, 0.717) is 37.4 Å². The van der Waals surface area contributed by atoms with Crippen LogP contribution in [0.4, 0.5) is 0 Å². The highest BCUT2D eigenvalue weighted by Crippen LogP contribution is 2.45. The SMILES string of the molecule is CCC1=C(C)/C(=C/c2[nH]c(Cc3[nH]c(CC4NC(=O)[C@H](C)[C@H]4[C@H]4CS4)c(C)c3CCC(=O)O)c(CCC(=O)O)c2C)NC1=O. The van der Waals surface area contributed by atoms with E-state index in [2.05, 4.69) is 20.6 Å². The van der Waals surface area contributed by atoms with Crippen molar-refractivity contribution < 1.29 is 29.4 Å². The molecular formula is C33H42N4O6S. The fraction of sp³-hybridized carbons (Fsp3) is 0.515. The molecule has 0 spiro atoms. The summed E-state index contributed by atoms with van der Waals surface area (Å²) in [6.07, 6.45) is 4.27. The maximum Gasteiger partial charge on any atom is 0.303 e. The number of carboxylic acids is 2. The van der Waals surface area contributed by atoms with Crippen LogP contribution in [-0.4, -0.2) is 61.0 Å². The molecule has 2 saturated heterocycles. The number of aromatic nitrogens is 2. The molecule has 11 heteroatoms. The fourth-order valence-corrected chi connectivity index (χ4v) is 7.97. The van der Waals surface area contributed by atoms with E-state index in [1.54, 1.807) is 0 Å². The number of aliphatic carboxylic acids is 2. The van der Waals surface area contributed by atoms with E-state index >= 15 is 0 Å². The minimum atomic E-state index is -0.887. The van der Waals surface area contributed by atoms with Gasteiger partial charge in [-0.25, -0.2) is 0 Å².